The third-order valence-electron chi connectivity index (χ3n) is 8.38. The van der Waals surface area contributed by atoms with E-state index in [0.717, 1.165) is 54.6 Å². The molecular formula is C21H28NO3+. The number of quaternary nitrogens is 1. The highest BCUT2D eigenvalue weighted by Gasteiger charge is 2.74. The minimum absolute atomic E-state index is 0.0331. The summed E-state index contributed by atoms with van der Waals surface area (Å²) in [4.78, 5) is 0. The first-order chi connectivity index (χ1) is 12.0. The van der Waals surface area contributed by atoms with Gasteiger partial charge in [-0.1, -0.05) is 6.07 Å². The van der Waals surface area contributed by atoms with Gasteiger partial charge in [0.25, 0.3) is 0 Å². The van der Waals surface area contributed by atoms with Gasteiger partial charge in [0.1, 0.15) is 17.7 Å². The molecule has 4 heteroatoms. The molecule has 3 aliphatic carbocycles. The predicted molar refractivity (Wildman–Crippen MR) is 93.8 cm³/mol. The molecule has 2 aliphatic heterocycles. The van der Waals surface area contributed by atoms with Gasteiger partial charge in [0.2, 0.25) is 0 Å². The Bertz CT molecular complexity index is 775. The van der Waals surface area contributed by atoms with Crippen LogP contribution in [0.1, 0.15) is 49.7 Å². The number of likely N-dealkylation sites (N-methyl/N-ethyl adjacent to an activating group) is 1. The van der Waals surface area contributed by atoms with Crippen molar-refractivity contribution in [2.45, 2.75) is 68.1 Å². The third kappa shape index (κ3) is 1.58. The van der Waals surface area contributed by atoms with Crippen molar-refractivity contribution in [1.82, 2.24) is 0 Å². The second-order valence-electron chi connectivity index (χ2n) is 9.64. The van der Waals surface area contributed by atoms with Crippen LogP contribution in [0, 0.1) is 5.92 Å². The summed E-state index contributed by atoms with van der Waals surface area (Å²) in [5.41, 5.74) is 1.49. The fraction of sp³-hybridized carbons (Fsp3) is 0.714. The van der Waals surface area contributed by atoms with Crippen molar-refractivity contribution in [1.29, 1.82) is 0 Å². The molecule has 0 aromatic heterocycles. The summed E-state index contributed by atoms with van der Waals surface area (Å²) < 4.78 is 7.34. The quantitative estimate of drug-likeness (QED) is 0.812. The Balaban J connectivity index is 1.58. The molecule has 6 rings (SSSR count). The van der Waals surface area contributed by atoms with E-state index < -0.39 is 5.60 Å². The summed E-state index contributed by atoms with van der Waals surface area (Å²) >= 11 is 0. The lowest BCUT2D eigenvalue weighted by molar-refractivity contribution is -0.950. The molecule has 5 atom stereocenters. The van der Waals surface area contributed by atoms with Gasteiger partial charge >= 0.3 is 0 Å². The second kappa shape index (κ2) is 4.34. The Morgan fingerprint density at radius 1 is 1.24 bits per heavy atom. The third-order valence-corrected chi connectivity index (χ3v) is 8.38. The van der Waals surface area contributed by atoms with Crippen LogP contribution >= 0.6 is 0 Å². The first kappa shape index (κ1) is 14.9. The van der Waals surface area contributed by atoms with Gasteiger partial charge in [-0.2, -0.15) is 0 Å². The van der Waals surface area contributed by atoms with Crippen molar-refractivity contribution in [3.63, 3.8) is 0 Å². The van der Waals surface area contributed by atoms with E-state index >= 15 is 0 Å². The maximum Gasteiger partial charge on any atom is 0.165 e. The highest BCUT2D eigenvalue weighted by atomic mass is 16.5. The number of ether oxygens (including phenoxy) is 1. The number of hydrogen-bond donors (Lipinski definition) is 2. The molecule has 2 heterocycles. The number of phenolic OH excluding ortho intramolecular Hbond substituents is 1. The Kier molecular flexibility index (Phi) is 2.58. The highest BCUT2D eigenvalue weighted by Crippen LogP contribution is 2.66. The van der Waals surface area contributed by atoms with Crippen molar-refractivity contribution >= 4 is 0 Å². The molecule has 3 unspecified atom stereocenters. The van der Waals surface area contributed by atoms with Gasteiger partial charge in [0.05, 0.1) is 25.6 Å². The number of hydrogen-bond acceptors (Lipinski definition) is 3. The van der Waals surface area contributed by atoms with Gasteiger partial charge in [-0.3, -0.25) is 0 Å². The molecule has 2 bridgehead atoms. The lowest BCUT2D eigenvalue weighted by atomic mass is 9.48. The minimum atomic E-state index is -0.691. The lowest BCUT2D eigenvalue weighted by Crippen LogP contribution is -2.79. The average Bonchev–Trinajstić information content (AvgIpc) is 3.30. The van der Waals surface area contributed by atoms with Crippen molar-refractivity contribution in [3.8, 4) is 11.5 Å². The summed E-state index contributed by atoms with van der Waals surface area (Å²) in [6, 6.07) is 4.15. The van der Waals surface area contributed by atoms with Crippen molar-refractivity contribution < 1.29 is 19.4 Å². The molecule has 2 N–H and O–H groups in total. The summed E-state index contributed by atoms with van der Waals surface area (Å²) in [6.45, 7) is 2.34. The van der Waals surface area contributed by atoms with Crippen LogP contribution in [0.15, 0.2) is 12.1 Å². The van der Waals surface area contributed by atoms with Gasteiger partial charge in [0.15, 0.2) is 11.5 Å². The molecule has 0 amide bonds. The number of aliphatic hydroxyl groups is 1. The first-order valence-electron chi connectivity index (χ1n) is 10.1. The number of likely N-dealkylation sites (tertiary alicyclic amines) is 1. The Hall–Kier alpha value is -1.26. The van der Waals surface area contributed by atoms with Gasteiger partial charge < -0.3 is 19.4 Å². The Morgan fingerprint density at radius 3 is 2.88 bits per heavy atom. The van der Waals surface area contributed by atoms with E-state index in [9.17, 15) is 10.2 Å². The number of nitrogens with zero attached hydrogens (tertiary/aromatic N) is 1. The molecule has 0 radical (unpaired) electrons. The number of piperidine rings is 1. The van der Waals surface area contributed by atoms with Crippen LogP contribution in [0.3, 0.4) is 0 Å². The zero-order valence-electron chi connectivity index (χ0n) is 15.0. The molecular weight excluding hydrogens is 314 g/mol. The van der Waals surface area contributed by atoms with E-state index in [4.69, 9.17) is 4.74 Å². The van der Waals surface area contributed by atoms with E-state index in [0.29, 0.717) is 5.75 Å². The number of phenols is 1. The lowest BCUT2D eigenvalue weighted by Gasteiger charge is -2.64. The van der Waals surface area contributed by atoms with Crippen LogP contribution in [0.2, 0.25) is 0 Å². The largest absolute Gasteiger partial charge is 0.504 e. The minimum Gasteiger partial charge on any atom is -0.504 e. The monoisotopic (exact) mass is 342 g/mol. The molecule has 134 valence electrons. The van der Waals surface area contributed by atoms with Gasteiger partial charge in [-0.05, 0) is 43.7 Å². The molecule has 4 nitrogen and oxygen atoms in total. The summed E-state index contributed by atoms with van der Waals surface area (Å²) in [7, 11) is 2.39. The standard InChI is InChI=1S/C21H27NO3/c1-22(12-13-4-5-13)10-9-20-17-3-2-8-21(20,24)16(22)11-14-6-7-15(23)19(25-17)18(14)20/h6-7,13,16-17,24H,2-5,8-12H2,1H3/p+1/t16?,17-,20?,21+,22?/m0/s1. The van der Waals surface area contributed by atoms with Gasteiger partial charge in [-0.15, -0.1) is 0 Å². The number of rotatable bonds is 2. The molecule has 3 fully saturated rings. The Labute approximate surface area is 149 Å². The first-order valence-corrected chi connectivity index (χ1v) is 10.1. The molecule has 5 aliphatic rings. The summed E-state index contributed by atoms with van der Waals surface area (Å²) in [6.07, 6.45) is 7.56. The van der Waals surface area contributed by atoms with Crippen LogP contribution in [0.4, 0.5) is 0 Å². The molecule has 1 aromatic rings. The number of benzene rings is 1. The van der Waals surface area contributed by atoms with Crippen molar-refractivity contribution in [3.05, 3.63) is 23.3 Å². The smallest absolute Gasteiger partial charge is 0.165 e. The van der Waals surface area contributed by atoms with Crippen LogP contribution in [-0.4, -0.2) is 52.6 Å². The molecule has 25 heavy (non-hydrogen) atoms. The van der Waals surface area contributed by atoms with Crippen molar-refractivity contribution in [2.24, 2.45) is 5.92 Å². The second-order valence-corrected chi connectivity index (χ2v) is 9.64. The topological polar surface area (TPSA) is 49.7 Å². The number of aromatic hydroxyl groups is 1. The van der Waals surface area contributed by atoms with E-state index in [1.807, 2.05) is 0 Å². The van der Waals surface area contributed by atoms with Crippen molar-refractivity contribution in [2.75, 3.05) is 20.1 Å². The van der Waals surface area contributed by atoms with Crippen LogP contribution in [-0.2, 0) is 11.8 Å². The molecule has 1 aromatic carbocycles. The fourth-order valence-electron chi connectivity index (χ4n) is 7.15. The van der Waals surface area contributed by atoms with Gasteiger partial charge in [0, 0.05) is 24.3 Å². The normalized spacial score (nSPS) is 46.5. The van der Waals surface area contributed by atoms with Crippen LogP contribution in [0.5, 0.6) is 11.5 Å². The zero-order valence-corrected chi connectivity index (χ0v) is 15.0. The van der Waals surface area contributed by atoms with Crippen LogP contribution < -0.4 is 4.74 Å². The predicted octanol–water partition coefficient (Wildman–Crippen LogP) is 2.49. The van der Waals surface area contributed by atoms with E-state index in [-0.39, 0.29) is 23.3 Å². The molecule has 1 spiro atoms. The zero-order chi connectivity index (χ0) is 17.0. The highest BCUT2D eigenvalue weighted by molar-refractivity contribution is 5.61. The van der Waals surface area contributed by atoms with Gasteiger partial charge in [-0.25, -0.2) is 0 Å². The maximum atomic E-state index is 12.2. The summed E-state index contributed by atoms with van der Waals surface area (Å²) in [5.74, 6) is 1.79. The molecule has 2 saturated carbocycles. The maximum absolute atomic E-state index is 12.2. The summed E-state index contributed by atoms with van der Waals surface area (Å²) in [5, 5.41) is 22.6. The van der Waals surface area contributed by atoms with E-state index in [1.165, 1.54) is 24.9 Å². The van der Waals surface area contributed by atoms with E-state index in [1.54, 1.807) is 6.07 Å². The Morgan fingerprint density at radius 2 is 2.08 bits per heavy atom. The average molecular weight is 342 g/mol. The fourth-order valence-corrected chi connectivity index (χ4v) is 7.15. The van der Waals surface area contributed by atoms with E-state index in [2.05, 4.69) is 13.1 Å². The van der Waals surface area contributed by atoms with Crippen LogP contribution in [0.25, 0.3) is 0 Å². The molecule has 1 saturated heterocycles. The SMILES string of the molecule is C[N+]1(CC2CC2)CCC23c4c5ccc(O)c4O[C@H]2CCC[C@@]3(O)C1C5.